The van der Waals surface area contributed by atoms with E-state index in [-0.39, 0.29) is 31.1 Å². The van der Waals surface area contributed by atoms with Gasteiger partial charge in [-0.25, -0.2) is 0 Å². The van der Waals surface area contributed by atoms with Crippen LogP contribution in [0.15, 0.2) is 24.3 Å². The third kappa shape index (κ3) is 39.1. The minimum absolute atomic E-state index is 0.0711. The first-order valence-electron chi connectivity index (χ1n) is 22.3. The van der Waals surface area contributed by atoms with Crippen molar-refractivity contribution in [3.8, 4) is 0 Å². The molecule has 0 radical (unpaired) electrons. The molecule has 0 N–H and O–H groups in total. The second kappa shape index (κ2) is 41.6. The molecule has 0 aromatic rings. The summed E-state index contributed by atoms with van der Waals surface area (Å²) in [5.74, 6) is -0.889. The van der Waals surface area contributed by atoms with Crippen molar-refractivity contribution in [3.05, 3.63) is 24.3 Å². The Morgan fingerprint density at radius 2 is 0.692 bits per heavy atom. The average molecular weight is 733 g/mol. The SMILES string of the molecule is CCCCCCC/C=C\C/C=C\CCCCCCCCCCCC(=O)OCC(COC(=O)CCCCCCCC)OC(=O)CCCCCCCCC. The standard InChI is InChI=1S/C46H84O6/c1-4-7-10-13-16-17-18-19-20-21-22-23-24-25-26-27-28-29-31-33-36-39-45(48)51-42-43(41-50-44(47)38-35-32-15-12-9-6-3)52-46(49)40-37-34-30-14-11-8-5-2/h18-19,21-22,43H,4-17,20,23-42H2,1-3H3/b19-18-,22-21-. The number of carbonyl (C=O) groups is 3. The molecule has 6 nitrogen and oxygen atoms in total. The summed E-state index contributed by atoms with van der Waals surface area (Å²) < 4.78 is 16.5. The molecule has 0 saturated heterocycles. The molecule has 0 aliphatic carbocycles. The number of ether oxygens (including phenoxy) is 3. The number of rotatable bonds is 40. The van der Waals surface area contributed by atoms with Gasteiger partial charge in [0.25, 0.3) is 0 Å². The van der Waals surface area contributed by atoms with Crippen molar-refractivity contribution in [1.82, 2.24) is 0 Å². The molecular weight excluding hydrogens is 649 g/mol. The largest absolute Gasteiger partial charge is 0.462 e. The van der Waals surface area contributed by atoms with E-state index in [1.165, 1.54) is 128 Å². The summed E-state index contributed by atoms with van der Waals surface area (Å²) in [4.78, 5) is 37.3. The Kier molecular flexibility index (Phi) is 40.0. The fraction of sp³-hybridized carbons (Fsp3) is 0.848. The van der Waals surface area contributed by atoms with Crippen LogP contribution in [0.2, 0.25) is 0 Å². The summed E-state index contributed by atoms with van der Waals surface area (Å²) in [5.41, 5.74) is 0. The highest BCUT2D eigenvalue weighted by molar-refractivity contribution is 5.71. The second-order valence-electron chi connectivity index (χ2n) is 15.0. The van der Waals surface area contributed by atoms with Crippen LogP contribution in [0, 0.1) is 0 Å². The molecule has 0 aliphatic heterocycles. The number of hydrogen-bond donors (Lipinski definition) is 0. The summed E-state index contributed by atoms with van der Waals surface area (Å²) in [7, 11) is 0. The van der Waals surface area contributed by atoms with Crippen LogP contribution in [-0.4, -0.2) is 37.2 Å². The lowest BCUT2D eigenvalue weighted by molar-refractivity contribution is -0.167. The van der Waals surface area contributed by atoms with Gasteiger partial charge in [0.1, 0.15) is 13.2 Å². The first kappa shape index (κ1) is 49.9. The molecule has 0 amide bonds. The molecule has 52 heavy (non-hydrogen) atoms. The third-order valence-electron chi connectivity index (χ3n) is 9.71. The van der Waals surface area contributed by atoms with Crippen molar-refractivity contribution in [3.63, 3.8) is 0 Å². The van der Waals surface area contributed by atoms with E-state index in [2.05, 4.69) is 45.1 Å². The minimum atomic E-state index is -0.762. The summed E-state index contributed by atoms with van der Waals surface area (Å²) in [5, 5.41) is 0. The molecule has 0 saturated carbocycles. The maximum Gasteiger partial charge on any atom is 0.306 e. The van der Waals surface area contributed by atoms with E-state index in [0.29, 0.717) is 19.3 Å². The molecule has 0 fully saturated rings. The number of esters is 3. The van der Waals surface area contributed by atoms with Gasteiger partial charge in [0, 0.05) is 19.3 Å². The highest BCUT2D eigenvalue weighted by atomic mass is 16.6. The highest BCUT2D eigenvalue weighted by Crippen LogP contribution is 2.14. The van der Waals surface area contributed by atoms with Gasteiger partial charge in [-0.15, -0.1) is 0 Å². The van der Waals surface area contributed by atoms with E-state index < -0.39 is 6.10 Å². The Bertz CT molecular complexity index is 850. The molecule has 1 unspecified atom stereocenters. The minimum Gasteiger partial charge on any atom is -0.462 e. The van der Waals surface area contributed by atoms with Gasteiger partial charge < -0.3 is 14.2 Å². The van der Waals surface area contributed by atoms with E-state index in [1.54, 1.807) is 0 Å². The van der Waals surface area contributed by atoms with E-state index in [1.807, 2.05) is 0 Å². The summed E-state index contributed by atoms with van der Waals surface area (Å²) >= 11 is 0. The molecule has 0 heterocycles. The van der Waals surface area contributed by atoms with Gasteiger partial charge in [0.05, 0.1) is 0 Å². The van der Waals surface area contributed by atoms with E-state index >= 15 is 0 Å². The molecule has 0 rings (SSSR count). The van der Waals surface area contributed by atoms with Gasteiger partial charge in [-0.3, -0.25) is 14.4 Å². The van der Waals surface area contributed by atoms with Crippen LogP contribution in [0.3, 0.4) is 0 Å². The molecule has 0 bridgehead atoms. The third-order valence-corrected chi connectivity index (χ3v) is 9.71. The summed E-state index contributed by atoms with van der Waals surface area (Å²) in [6.07, 6.45) is 44.8. The van der Waals surface area contributed by atoms with Crippen molar-refractivity contribution in [2.75, 3.05) is 13.2 Å². The van der Waals surface area contributed by atoms with Gasteiger partial charge in [-0.2, -0.15) is 0 Å². The zero-order valence-corrected chi connectivity index (χ0v) is 34.6. The molecule has 0 aromatic carbocycles. The summed E-state index contributed by atoms with van der Waals surface area (Å²) in [6.45, 7) is 6.52. The molecule has 6 heteroatoms. The van der Waals surface area contributed by atoms with Gasteiger partial charge in [0.15, 0.2) is 6.10 Å². The lowest BCUT2D eigenvalue weighted by atomic mass is 10.1. The monoisotopic (exact) mass is 733 g/mol. The van der Waals surface area contributed by atoms with Crippen LogP contribution >= 0.6 is 0 Å². The predicted octanol–water partition coefficient (Wildman–Crippen LogP) is 14.0. The van der Waals surface area contributed by atoms with Crippen LogP contribution in [0.25, 0.3) is 0 Å². The number of carbonyl (C=O) groups excluding carboxylic acids is 3. The fourth-order valence-electron chi connectivity index (χ4n) is 6.29. The Morgan fingerprint density at radius 1 is 0.385 bits per heavy atom. The van der Waals surface area contributed by atoms with Crippen molar-refractivity contribution < 1.29 is 28.6 Å². The normalized spacial score (nSPS) is 12.1. The Hall–Kier alpha value is -2.11. The van der Waals surface area contributed by atoms with E-state index in [4.69, 9.17) is 14.2 Å². The second-order valence-corrected chi connectivity index (χ2v) is 15.0. The van der Waals surface area contributed by atoms with Crippen molar-refractivity contribution in [2.45, 2.75) is 239 Å². The zero-order valence-electron chi connectivity index (χ0n) is 34.6. The van der Waals surface area contributed by atoms with Crippen LogP contribution < -0.4 is 0 Å². The summed E-state index contributed by atoms with van der Waals surface area (Å²) in [6, 6.07) is 0. The number of hydrogen-bond acceptors (Lipinski definition) is 6. The zero-order chi connectivity index (χ0) is 38.0. The molecule has 0 aliphatic rings. The van der Waals surface area contributed by atoms with Crippen LogP contribution in [0.5, 0.6) is 0 Å². The maximum absolute atomic E-state index is 12.5. The van der Waals surface area contributed by atoms with E-state index in [0.717, 1.165) is 64.2 Å². The van der Waals surface area contributed by atoms with Crippen LogP contribution in [-0.2, 0) is 28.6 Å². The number of allylic oxidation sites excluding steroid dienone is 4. The van der Waals surface area contributed by atoms with Crippen LogP contribution in [0.4, 0.5) is 0 Å². The molecule has 0 spiro atoms. The van der Waals surface area contributed by atoms with Crippen LogP contribution in [0.1, 0.15) is 233 Å². The average Bonchev–Trinajstić information content (AvgIpc) is 3.14. The lowest BCUT2D eigenvalue weighted by Gasteiger charge is -2.18. The predicted molar refractivity (Wildman–Crippen MR) is 219 cm³/mol. The molecule has 304 valence electrons. The first-order valence-corrected chi connectivity index (χ1v) is 22.3. The topological polar surface area (TPSA) is 78.9 Å². The van der Waals surface area contributed by atoms with Crippen molar-refractivity contribution >= 4 is 17.9 Å². The molecular formula is C46H84O6. The van der Waals surface area contributed by atoms with Gasteiger partial charge in [-0.05, 0) is 51.4 Å². The first-order chi connectivity index (χ1) is 25.5. The lowest BCUT2D eigenvalue weighted by Crippen LogP contribution is -2.30. The molecule has 1 atom stereocenters. The highest BCUT2D eigenvalue weighted by Gasteiger charge is 2.19. The smallest absolute Gasteiger partial charge is 0.306 e. The number of unbranched alkanes of at least 4 members (excludes halogenated alkanes) is 25. The quantitative estimate of drug-likeness (QED) is 0.0270. The van der Waals surface area contributed by atoms with Gasteiger partial charge in [0.2, 0.25) is 0 Å². The van der Waals surface area contributed by atoms with Crippen molar-refractivity contribution in [2.24, 2.45) is 0 Å². The van der Waals surface area contributed by atoms with Gasteiger partial charge >= 0.3 is 17.9 Å². The maximum atomic E-state index is 12.5. The fourth-order valence-corrected chi connectivity index (χ4v) is 6.29. The van der Waals surface area contributed by atoms with E-state index in [9.17, 15) is 14.4 Å². The van der Waals surface area contributed by atoms with Gasteiger partial charge in [-0.1, -0.05) is 186 Å². The Labute approximate surface area is 322 Å². The Balaban J connectivity index is 4.08. The Morgan fingerprint density at radius 3 is 1.06 bits per heavy atom. The molecule has 0 aromatic heterocycles. The van der Waals surface area contributed by atoms with Crippen molar-refractivity contribution in [1.29, 1.82) is 0 Å².